The summed E-state index contributed by atoms with van der Waals surface area (Å²) in [6.07, 6.45) is 3.76. The van der Waals surface area contributed by atoms with Crippen LogP contribution >= 0.6 is 15.9 Å². The SMILES string of the molecule is CC(c1cncc(Br)c1)C(C)(C)C. The van der Waals surface area contributed by atoms with E-state index in [4.69, 9.17) is 0 Å². The van der Waals surface area contributed by atoms with Gasteiger partial charge < -0.3 is 0 Å². The van der Waals surface area contributed by atoms with Gasteiger partial charge in [0.15, 0.2) is 0 Å². The largest absolute Gasteiger partial charge is 0.263 e. The minimum atomic E-state index is 0.294. The monoisotopic (exact) mass is 241 g/mol. The fourth-order valence-corrected chi connectivity index (χ4v) is 1.55. The summed E-state index contributed by atoms with van der Waals surface area (Å²) in [5.74, 6) is 0.525. The van der Waals surface area contributed by atoms with Crippen LogP contribution in [0.4, 0.5) is 0 Å². The zero-order valence-electron chi connectivity index (χ0n) is 8.63. The zero-order chi connectivity index (χ0) is 10.1. The fraction of sp³-hybridized carbons (Fsp3) is 0.545. The van der Waals surface area contributed by atoms with Crippen LogP contribution in [0.1, 0.15) is 39.2 Å². The molecule has 72 valence electrons. The van der Waals surface area contributed by atoms with Crippen LogP contribution in [0.3, 0.4) is 0 Å². The normalized spacial score (nSPS) is 14.2. The van der Waals surface area contributed by atoms with Crippen molar-refractivity contribution in [2.24, 2.45) is 5.41 Å². The Bertz CT molecular complexity index is 288. The highest BCUT2D eigenvalue weighted by atomic mass is 79.9. The number of hydrogen-bond donors (Lipinski definition) is 0. The second-order valence-electron chi connectivity index (χ2n) is 4.52. The van der Waals surface area contributed by atoms with E-state index in [1.165, 1.54) is 5.56 Å². The third-order valence-corrected chi connectivity index (χ3v) is 2.96. The lowest BCUT2D eigenvalue weighted by Crippen LogP contribution is -2.15. The molecule has 0 fully saturated rings. The quantitative estimate of drug-likeness (QED) is 0.725. The molecule has 0 bridgehead atoms. The van der Waals surface area contributed by atoms with Crippen LogP contribution in [0, 0.1) is 5.41 Å². The van der Waals surface area contributed by atoms with Crippen LogP contribution in [0.5, 0.6) is 0 Å². The number of aromatic nitrogens is 1. The Morgan fingerprint density at radius 3 is 2.38 bits per heavy atom. The maximum absolute atomic E-state index is 4.17. The van der Waals surface area contributed by atoms with Crippen molar-refractivity contribution in [3.8, 4) is 0 Å². The van der Waals surface area contributed by atoms with Crippen molar-refractivity contribution in [3.05, 3.63) is 28.5 Å². The summed E-state index contributed by atoms with van der Waals surface area (Å²) >= 11 is 3.43. The van der Waals surface area contributed by atoms with Crippen LogP contribution in [-0.4, -0.2) is 4.98 Å². The standard InChI is InChI=1S/C11H16BrN/c1-8(11(2,3)4)9-5-10(12)7-13-6-9/h5-8H,1-4H3. The van der Waals surface area contributed by atoms with Gasteiger partial charge in [0.05, 0.1) is 0 Å². The number of pyridine rings is 1. The topological polar surface area (TPSA) is 12.9 Å². The maximum atomic E-state index is 4.17. The van der Waals surface area contributed by atoms with Gasteiger partial charge in [-0.25, -0.2) is 0 Å². The third-order valence-electron chi connectivity index (χ3n) is 2.53. The van der Waals surface area contributed by atoms with Crippen LogP contribution in [0.15, 0.2) is 22.9 Å². The fourth-order valence-electron chi connectivity index (χ4n) is 1.17. The first kappa shape index (κ1) is 10.7. The van der Waals surface area contributed by atoms with Gasteiger partial charge in [-0.3, -0.25) is 4.98 Å². The van der Waals surface area contributed by atoms with Gasteiger partial charge in [-0.15, -0.1) is 0 Å². The van der Waals surface area contributed by atoms with Gasteiger partial charge in [-0.1, -0.05) is 27.7 Å². The van der Waals surface area contributed by atoms with E-state index in [1.54, 1.807) is 0 Å². The molecule has 1 unspecified atom stereocenters. The highest BCUT2D eigenvalue weighted by Gasteiger charge is 2.21. The molecule has 2 heteroatoms. The zero-order valence-corrected chi connectivity index (χ0v) is 10.2. The average molecular weight is 242 g/mol. The molecule has 1 nitrogen and oxygen atoms in total. The molecule has 0 aliphatic rings. The molecule has 13 heavy (non-hydrogen) atoms. The van der Waals surface area contributed by atoms with Gasteiger partial charge in [0.25, 0.3) is 0 Å². The molecule has 0 aromatic carbocycles. The molecule has 0 amide bonds. The molecular weight excluding hydrogens is 226 g/mol. The lowest BCUT2D eigenvalue weighted by molar-refractivity contribution is 0.339. The second-order valence-corrected chi connectivity index (χ2v) is 5.44. The minimum Gasteiger partial charge on any atom is -0.263 e. The number of hydrogen-bond acceptors (Lipinski definition) is 1. The molecule has 1 aromatic heterocycles. The van der Waals surface area contributed by atoms with Gasteiger partial charge in [-0.05, 0) is 38.9 Å². The van der Waals surface area contributed by atoms with Crippen LogP contribution in [0.25, 0.3) is 0 Å². The van der Waals surface area contributed by atoms with Crippen molar-refractivity contribution >= 4 is 15.9 Å². The Kier molecular flexibility index (Phi) is 3.12. The predicted octanol–water partition coefficient (Wildman–Crippen LogP) is 3.99. The van der Waals surface area contributed by atoms with Crippen LogP contribution < -0.4 is 0 Å². The second kappa shape index (κ2) is 3.79. The summed E-state index contributed by atoms with van der Waals surface area (Å²) in [7, 11) is 0. The van der Waals surface area contributed by atoms with Gasteiger partial charge in [-0.2, -0.15) is 0 Å². The van der Waals surface area contributed by atoms with Crippen molar-refractivity contribution < 1.29 is 0 Å². The number of nitrogens with zero attached hydrogens (tertiary/aromatic N) is 1. The number of halogens is 1. The Balaban J connectivity index is 2.96. The van der Waals surface area contributed by atoms with Crippen molar-refractivity contribution in [1.29, 1.82) is 0 Å². The molecular formula is C11H16BrN. The van der Waals surface area contributed by atoms with Crippen LogP contribution in [0.2, 0.25) is 0 Å². The van der Waals surface area contributed by atoms with E-state index in [-0.39, 0.29) is 0 Å². The highest BCUT2D eigenvalue weighted by molar-refractivity contribution is 9.10. The Morgan fingerprint density at radius 1 is 1.31 bits per heavy atom. The predicted molar refractivity (Wildman–Crippen MR) is 59.8 cm³/mol. The summed E-state index contributed by atoms with van der Waals surface area (Å²) in [6, 6.07) is 2.14. The van der Waals surface area contributed by atoms with Gasteiger partial charge in [0.1, 0.15) is 0 Å². The summed E-state index contributed by atoms with van der Waals surface area (Å²) in [5, 5.41) is 0. The van der Waals surface area contributed by atoms with E-state index in [1.807, 2.05) is 12.4 Å². The molecule has 1 atom stereocenters. The molecule has 0 saturated heterocycles. The van der Waals surface area contributed by atoms with Crippen molar-refractivity contribution in [2.45, 2.75) is 33.6 Å². The maximum Gasteiger partial charge on any atom is 0.0410 e. The first-order valence-corrected chi connectivity index (χ1v) is 5.31. The summed E-state index contributed by atoms with van der Waals surface area (Å²) in [4.78, 5) is 4.17. The lowest BCUT2D eigenvalue weighted by Gasteiger charge is -2.27. The summed E-state index contributed by atoms with van der Waals surface area (Å²) in [5.41, 5.74) is 1.59. The molecule has 0 spiro atoms. The van der Waals surface area contributed by atoms with E-state index in [0.717, 1.165) is 4.47 Å². The van der Waals surface area contributed by atoms with E-state index < -0.39 is 0 Å². The highest BCUT2D eigenvalue weighted by Crippen LogP contribution is 2.34. The Morgan fingerprint density at radius 2 is 1.92 bits per heavy atom. The van der Waals surface area contributed by atoms with Crippen LogP contribution in [-0.2, 0) is 0 Å². The van der Waals surface area contributed by atoms with E-state index >= 15 is 0 Å². The molecule has 0 N–H and O–H groups in total. The smallest absolute Gasteiger partial charge is 0.0410 e. The molecule has 1 aromatic rings. The molecule has 0 saturated carbocycles. The molecule has 1 rings (SSSR count). The minimum absolute atomic E-state index is 0.294. The van der Waals surface area contributed by atoms with E-state index in [0.29, 0.717) is 11.3 Å². The van der Waals surface area contributed by atoms with Gasteiger partial charge in [0, 0.05) is 16.9 Å². The molecule has 0 radical (unpaired) electrons. The number of rotatable bonds is 1. The summed E-state index contributed by atoms with van der Waals surface area (Å²) in [6.45, 7) is 8.99. The van der Waals surface area contributed by atoms with E-state index in [2.05, 4.69) is 54.7 Å². The Hall–Kier alpha value is -0.370. The lowest BCUT2D eigenvalue weighted by atomic mass is 9.78. The van der Waals surface area contributed by atoms with Gasteiger partial charge >= 0.3 is 0 Å². The van der Waals surface area contributed by atoms with Crippen molar-refractivity contribution in [1.82, 2.24) is 4.98 Å². The van der Waals surface area contributed by atoms with Gasteiger partial charge in [0.2, 0.25) is 0 Å². The van der Waals surface area contributed by atoms with E-state index in [9.17, 15) is 0 Å². The molecule has 1 heterocycles. The van der Waals surface area contributed by atoms with Crippen molar-refractivity contribution in [3.63, 3.8) is 0 Å². The summed E-state index contributed by atoms with van der Waals surface area (Å²) < 4.78 is 1.06. The molecule has 0 aliphatic carbocycles. The average Bonchev–Trinajstić information content (AvgIpc) is 2.01. The molecule has 0 aliphatic heterocycles. The first-order chi connectivity index (χ1) is 5.91. The third kappa shape index (κ3) is 2.80. The van der Waals surface area contributed by atoms with Crippen molar-refractivity contribution in [2.75, 3.05) is 0 Å². The first-order valence-electron chi connectivity index (χ1n) is 4.51. The Labute approximate surface area is 88.7 Å².